The number of hydrogen-bond donors (Lipinski definition) is 1. The van der Waals surface area contributed by atoms with Crippen LogP contribution in [0.15, 0.2) is 24.3 Å². The van der Waals surface area contributed by atoms with E-state index in [1.165, 1.54) is 44.2 Å². The molecule has 1 saturated carbocycles. The molecule has 1 aliphatic carbocycles. The maximum atomic E-state index is 10.3. The van der Waals surface area contributed by atoms with Gasteiger partial charge in [-0.15, -0.1) is 0 Å². The van der Waals surface area contributed by atoms with E-state index in [2.05, 4.69) is 36.1 Å². The summed E-state index contributed by atoms with van der Waals surface area (Å²) in [5, 5.41) is 10.3. The minimum atomic E-state index is -0.307. The highest BCUT2D eigenvalue weighted by atomic mass is 16.3. The predicted molar refractivity (Wildman–Crippen MR) is 82.7 cm³/mol. The van der Waals surface area contributed by atoms with E-state index in [0.29, 0.717) is 0 Å². The van der Waals surface area contributed by atoms with Crippen LogP contribution in [0.25, 0.3) is 0 Å². The molecule has 20 heavy (non-hydrogen) atoms. The van der Waals surface area contributed by atoms with Crippen LogP contribution in [0.1, 0.15) is 55.8 Å². The quantitative estimate of drug-likeness (QED) is 0.904. The summed E-state index contributed by atoms with van der Waals surface area (Å²) in [5.41, 5.74) is 2.32. The standard InChI is InChI=1S/C18H27NO/c1-14-6-8-16(9-7-14)18(20)11-13-19-12-10-15-4-2-3-5-17(15)19/h6-9,15,17-18,20H,2-5,10-13H2,1H3. The summed E-state index contributed by atoms with van der Waals surface area (Å²) in [6.07, 6.45) is 7.59. The van der Waals surface area contributed by atoms with E-state index in [1.807, 2.05) is 0 Å². The molecule has 0 spiro atoms. The molecule has 2 nitrogen and oxygen atoms in total. The molecule has 110 valence electrons. The Labute approximate surface area is 122 Å². The zero-order valence-corrected chi connectivity index (χ0v) is 12.6. The monoisotopic (exact) mass is 273 g/mol. The van der Waals surface area contributed by atoms with Crippen LogP contribution in [0, 0.1) is 12.8 Å². The highest BCUT2D eigenvalue weighted by Gasteiger charge is 2.35. The van der Waals surface area contributed by atoms with Gasteiger partial charge in [-0.3, -0.25) is 4.90 Å². The van der Waals surface area contributed by atoms with Gasteiger partial charge in [0.2, 0.25) is 0 Å². The van der Waals surface area contributed by atoms with Gasteiger partial charge in [0.15, 0.2) is 0 Å². The molecule has 1 aliphatic heterocycles. The second kappa shape index (κ2) is 6.28. The third-order valence-corrected chi connectivity index (χ3v) is 5.28. The molecule has 3 atom stereocenters. The molecule has 1 heterocycles. The Kier molecular flexibility index (Phi) is 4.42. The topological polar surface area (TPSA) is 23.5 Å². The molecular weight excluding hydrogens is 246 g/mol. The fourth-order valence-electron chi connectivity index (χ4n) is 4.02. The zero-order valence-electron chi connectivity index (χ0n) is 12.6. The third-order valence-electron chi connectivity index (χ3n) is 5.28. The SMILES string of the molecule is Cc1ccc(C(O)CCN2CCC3CCCCC32)cc1. The van der Waals surface area contributed by atoms with Gasteiger partial charge in [0.1, 0.15) is 0 Å². The first-order chi connectivity index (χ1) is 9.74. The number of nitrogens with zero attached hydrogens (tertiary/aromatic N) is 1. The van der Waals surface area contributed by atoms with Gasteiger partial charge in [-0.05, 0) is 50.6 Å². The summed E-state index contributed by atoms with van der Waals surface area (Å²) in [5.74, 6) is 0.945. The van der Waals surface area contributed by atoms with Crippen LogP contribution in [0.2, 0.25) is 0 Å². The van der Waals surface area contributed by atoms with Crippen molar-refractivity contribution in [3.63, 3.8) is 0 Å². The normalized spacial score (nSPS) is 28.3. The molecule has 0 aromatic heterocycles. The average molecular weight is 273 g/mol. The van der Waals surface area contributed by atoms with Crippen molar-refractivity contribution in [2.75, 3.05) is 13.1 Å². The minimum Gasteiger partial charge on any atom is -0.388 e. The van der Waals surface area contributed by atoms with Crippen LogP contribution >= 0.6 is 0 Å². The van der Waals surface area contributed by atoms with Crippen LogP contribution < -0.4 is 0 Å². The van der Waals surface area contributed by atoms with Crippen molar-refractivity contribution in [1.29, 1.82) is 0 Å². The van der Waals surface area contributed by atoms with Gasteiger partial charge in [-0.1, -0.05) is 42.7 Å². The largest absolute Gasteiger partial charge is 0.388 e. The fourth-order valence-corrected chi connectivity index (χ4v) is 4.02. The predicted octanol–water partition coefficient (Wildman–Crippen LogP) is 3.68. The van der Waals surface area contributed by atoms with Crippen molar-refractivity contribution >= 4 is 0 Å². The Bertz CT molecular complexity index is 428. The van der Waals surface area contributed by atoms with Crippen LogP contribution in [0.4, 0.5) is 0 Å². The van der Waals surface area contributed by atoms with Crippen LogP contribution in [0.3, 0.4) is 0 Å². The molecule has 1 aromatic carbocycles. The second-order valence-corrected chi connectivity index (χ2v) is 6.65. The van der Waals surface area contributed by atoms with E-state index in [4.69, 9.17) is 0 Å². The number of aliphatic hydroxyl groups is 1. The average Bonchev–Trinajstić information content (AvgIpc) is 2.89. The summed E-state index contributed by atoms with van der Waals surface area (Å²) in [7, 11) is 0. The molecular formula is C18H27NO. The first kappa shape index (κ1) is 14.1. The number of fused-ring (bicyclic) bond motifs is 1. The van der Waals surface area contributed by atoms with Gasteiger partial charge >= 0.3 is 0 Å². The molecule has 0 radical (unpaired) electrons. The Balaban J connectivity index is 1.52. The van der Waals surface area contributed by atoms with E-state index in [1.54, 1.807) is 0 Å². The molecule has 1 aromatic rings. The van der Waals surface area contributed by atoms with Crippen molar-refractivity contribution in [2.45, 2.75) is 57.6 Å². The van der Waals surface area contributed by atoms with E-state index in [-0.39, 0.29) is 6.10 Å². The Morgan fingerprint density at radius 2 is 1.90 bits per heavy atom. The lowest BCUT2D eigenvalue weighted by Gasteiger charge is -2.32. The van der Waals surface area contributed by atoms with Crippen molar-refractivity contribution in [1.82, 2.24) is 4.90 Å². The molecule has 1 N–H and O–H groups in total. The third kappa shape index (κ3) is 3.07. The van der Waals surface area contributed by atoms with Gasteiger partial charge in [0, 0.05) is 12.6 Å². The summed E-state index contributed by atoms with van der Waals surface area (Å²) in [6, 6.07) is 9.12. The number of likely N-dealkylation sites (tertiary alicyclic amines) is 1. The van der Waals surface area contributed by atoms with Crippen LogP contribution in [-0.2, 0) is 0 Å². The summed E-state index contributed by atoms with van der Waals surface area (Å²) >= 11 is 0. The Morgan fingerprint density at radius 1 is 1.15 bits per heavy atom. The smallest absolute Gasteiger partial charge is 0.0802 e. The number of hydrogen-bond acceptors (Lipinski definition) is 2. The summed E-state index contributed by atoms with van der Waals surface area (Å²) in [4.78, 5) is 2.64. The van der Waals surface area contributed by atoms with Crippen molar-refractivity contribution in [3.05, 3.63) is 35.4 Å². The lowest BCUT2D eigenvalue weighted by atomic mass is 9.85. The van der Waals surface area contributed by atoms with Crippen molar-refractivity contribution < 1.29 is 5.11 Å². The first-order valence-electron chi connectivity index (χ1n) is 8.23. The highest BCUT2D eigenvalue weighted by molar-refractivity contribution is 5.23. The molecule has 2 fully saturated rings. The number of aryl methyl sites for hydroxylation is 1. The summed E-state index contributed by atoms with van der Waals surface area (Å²) < 4.78 is 0. The number of aliphatic hydroxyl groups excluding tert-OH is 1. The van der Waals surface area contributed by atoms with Gasteiger partial charge in [-0.25, -0.2) is 0 Å². The van der Waals surface area contributed by atoms with E-state index in [9.17, 15) is 5.11 Å². The first-order valence-corrected chi connectivity index (χ1v) is 8.23. The molecule has 0 bridgehead atoms. The van der Waals surface area contributed by atoms with Gasteiger partial charge in [-0.2, -0.15) is 0 Å². The molecule has 1 saturated heterocycles. The second-order valence-electron chi connectivity index (χ2n) is 6.65. The zero-order chi connectivity index (χ0) is 13.9. The maximum Gasteiger partial charge on any atom is 0.0802 e. The highest BCUT2D eigenvalue weighted by Crippen LogP contribution is 2.36. The molecule has 0 amide bonds. The van der Waals surface area contributed by atoms with Crippen LogP contribution in [-0.4, -0.2) is 29.1 Å². The van der Waals surface area contributed by atoms with Gasteiger partial charge in [0.25, 0.3) is 0 Å². The lowest BCUT2D eigenvalue weighted by Crippen LogP contribution is -2.35. The van der Waals surface area contributed by atoms with Crippen LogP contribution in [0.5, 0.6) is 0 Å². The molecule has 2 heteroatoms. The van der Waals surface area contributed by atoms with Gasteiger partial charge in [0.05, 0.1) is 6.10 Å². The van der Waals surface area contributed by atoms with E-state index >= 15 is 0 Å². The molecule has 2 aliphatic rings. The fraction of sp³-hybridized carbons (Fsp3) is 0.667. The minimum absolute atomic E-state index is 0.307. The number of benzene rings is 1. The maximum absolute atomic E-state index is 10.3. The van der Waals surface area contributed by atoms with E-state index < -0.39 is 0 Å². The Morgan fingerprint density at radius 3 is 2.70 bits per heavy atom. The van der Waals surface area contributed by atoms with Crippen molar-refractivity contribution in [2.24, 2.45) is 5.92 Å². The summed E-state index contributed by atoms with van der Waals surface area (Å²) in [6.45, 7) is 4.38. The van der Waals surface area contributed by atoms with Gasteiger partial charge < -0.3 is 5.11 Å². The van der Waals surface area contributed by atoms with Crippen molar-refractivity contribution in [3.8, 4) is 0 Å². The molecule has 3 rings (SSSR count). The number of rotatable bonds is 4. The lowest BCUT2D eigenvalue weighted by molar-refractivity contribution is 0.123. The Hall–Kier alpha value is -0.860. The molecule has 3 unspecified atom stereocenters. The van der Waals surface area contributed by atoms with E-state index in [0.717, 1.165) is 30.5 Å².